The number of allylic oxidation sites excluding steroid dienone is 5. The van der Waals surface area contributed by atoms with Crippen molar-refractivity contribution in [2.75, 3.05) is 13.2 Å². The van der Waals surface area contributed by atoms with E-state index in [9.17, 15) is 19.8 Å². The summed E-state index contributed by atoms with van der Waals surface area (Å²) in [6.45, 7) is 4.83. The standard InChI is InChI=1S/C51H95NO5/c1-3-5-7-9-11-13-15-23-27-31-35-39-43-49(54)48(47-53)52-50(55)44-40-36-32-28-24-21-19-17-18-20-22-26-30-34-38-42-46-57-51(56)45-41-37-33-29-25-16-14-12-10-8-6-4-2/h12,14,17,19,39,43,48-49,53-54H,3-11,13,15-16,18,20-38,40-42,44-47H2,1-2H3,(H,52,55)/b14-12-,19-17-,43-39+. The van der Waals surface area contributed by atoms with E-state index in [0.29, 0.717) is 19.4 Å². The Kier molecular flexibility index (Phi) is 45.2. The molecule has 6 heteroatoms. The highest BCUT2D eigenvalue weighted by Crippen LogP contribution is 2.14. The van der Waals surface area contributed by atoms with Gasteiger partial charge in [0.2, 0.25) is 5.91 Å². The molecule has 6 nitrogen and oxygen atoms in total. The average molecular weight is 802 g/mol. The Morgan fingerprint density at radius 3 is 1.28 bits per heavy atom. The molecule has 0 bridgehead atoms. The molecule has 0 fully saturated rings. The van der Waals surface area contributed by atoms with Crippen LogP contribution in [0.25, 0.3) is 0 Å². The molecule has 3 N–H and O–H groups in total. The molecule has 0 aromatic heterocycles. The second-order valence-corrected chi connectivity index (χ2v) is 16.8. The Balaban J connectivity index is 3.51. The molecule has 2 unspecified atom stereocenters. The monoisotopic (exact) mass is 802 g/mol. The van der Waals surface area contributed by atoms with Crippen LogP contribution in [-0.4, -0.2) is 47.4 Å². The first-order chi connectivity index (χ1) is 28.0. The van der Waals surface area contributed by atoms with E-state index in [-0.39, 0.29) is 18.5 Å². The van der Waals surface area contributed by atoms with E-state index in [4.69, 9.17) is 4.74 Å². The van der Waals surface area contributed by atoms with Crippen LogP contribution in [0.3, 0.4) is 0 Å². The topological polar surface area (TPSA) is 95.9 Å². The molecule has 0 heterocycles. The molecule has 0 rings (SSSR count). The summed E-state index contributed by atoms with van der Waals surface area (Å²) in [6, 6.07) is -0.639. The number of hydrogen-bond donors (Lipinski definition) is 3. The summed E-state index contributed by atoms with van der Waals surface area (Å²) in [7, 11) is 0. The molecule has 2 atom stereocenters. The molecule has 0 saturated carbocycles. The van der Waals surface area contributed by atoms with Gasteiger partial charge >= 0.3 is 5.97 Å². The third-order valence-electron chi connectivity index (χ3n) is 11.1. The Labute approximate surface area is 353 Å². The van der Waals surface area contributed by atoms with Crippen molar-refractivity contribution in [2.24, 2.45) is 0 Å². The van der Waals surface area contributed by atoms with Crippen molar-refractivity contribution in [3.05, 3.63) is 36.5 Å². The predicted octanol–water partition coefficient (Wildman–Crippen LogP) is 14.5. The number of carbonyl (C=O) groups is 2. The molecular formula is C51H95NO5. The quantitative estimate of drug-likeness (QED) is 0.0324. The van der Waals surface area contributed by atoms with E-state index in [1.165, 1.54) is 161 Å². The highest BCUT2D eigenvalue weighted by atomic mass is 16.5. The molecule has 1 amide bonds. The normalized spacial score (nSPS) is 13.0. The predicted molar refractivity (Wildman–Crippen MR) is 246 cm³/mol. The minimum Gasteiger partial charge on any atom is -0.466 e. The molecule has 0 spiro atoms. The molecule has 0 saturated heterocycles. The van der Waals surface area contributed by atoms with Crippen LogP contribution in [-0.2, 0) is 14.3 Å². The number of amides is 1. The largest absolute Gasteiger partial charge is 0.466 e. The van der Waals surface area contributed by atoms with Gasteiger partial charge in [-0.05, 0) is 83.5 Å². The van der Waals surface area contributed by atoms with Crippen LogP contribution in [0.15, 0.2) is 36.5 Å². The van der Waals surface area contributed by atoms with Crippen LogP contribution < -0.4 is 5.32 Å². The van der Waals surface area contributed by atoms with E-state index in [1.807, 2.05) is 6.08 Å². The molecule has 334 valence electrons. The number of hydrogen-bond acceptors (Lipinski definition) is 5. The molecular weight excluding hydrogens is 707 g/mol. The summed E-state index contributed by atoms with van der Waals surface area (Å²) in [5.41, 5.74) is 0. The van der Waals surface area contributed by atoms with Gasteiger partial charge in [0.05, 0.1) is 25.4 Å². The number of nitrogens with one attached hydrogen (secondary N) is 1. The third kappa shape index (κ3) is 43.5. The maximum Gasteiger partial charge on any atom is 0.305 e. The summed E-state index contributed by atoms with van der Waals surface area (Å²) < 4.78 is 5.44. The van der Waals surface area contributed by atoms with Crippen LogP contribution in [0.4, 0.5) is 0 Å². The fraction of sp³-hybridized carbons (Fsp3) is 0.843. The maximum absolute atomic E-state index is 12.4. The van der Waals surface area contributed by atoms with Crippen molar-refractivity contribution in [2.45, 2.75) is 264 Å². The van der Waals surface area contributed by atoms with Gasteiger partial charge in [-0.3, -0.25) is 9.59 Å². The van der Waals surface area contributed by atoms with E-state index in [0.717, 1.165) is 64.2 Å². The van der Waals surface area contributed by atoms with Gasteiger partial charge in [-0.15, -0.1) is 0 Å². The maximum atomic E-state index is 12.4. The van der Waals surface area contributed by atoms with Gasteiger partial charge in [0.1, 0.15) is 0 Å². The van der Waals surface area contributed by atoms with Gasteiger partial charge < -0.3 is 20.3 Å². The molecule has 57 heavy (non-hydrogen) atoms. The van der Waals surface area contributed by atoms with Crippen molar-refractivity contribution in [1.82, 2.24) is 5.32 Å². The number of unbranched alkanes of at least 4 members (excludes halogenated alkanes) is 30. The zero-order valence-electron chi connectivity index (χ0n) is 37.8. The number of aliphatic hydroxyl groups is 2. The van der Waals surface area contributed by atoms with Gasteiger partial charge in [0.25, 0.3) is 0 Å². The number of rotatable bonds is 45. The summed E-state index contributed by atoms with van der Waals surface area (Å²) >= 11 is 0. The van der Waals surface area contributed by atoms with E-state index in [2.05, 4.69) is 43.5 Å². The van der Waals surface area contributed by atoms with Crippen LogP contribution in [0.1, 0.15) is 251 Å². The molecule has 0 aliphatic heterocycles. The van der Waals surface area contributed by atoms with Crippen molar-refractivity contribution >= 4 is 11.9 Å². The fourth-order valence-electron chi connectivity index (χ4n) is 7.27. The Morgan fingerprint density at radius 2 is 0.825 bits per heavy atom. The van der Waals surface area contributed by atoms with Crippen LogP contribution in [0.5, 0.6) is 0 Å². The number of esters is 1. The Bertz CT molecular complexity index is 931. The van der Waals surface area contributed by atoms with Crippen molar-refractivity contribution in [3.8, 4) is 0 Å². The van der Waals surface area contributed by atoms with Gasteiger partial charge in [0.15, 0.2) is 0 Å². The zero-order chi connectivity index (χ0) is 41.5. The van der Waals surface area contributed by atoms with Gasteiger partial charge in [0, 0.05) is 12.8 Å². The van der Waals surface area contributed by atoms with Crippen molar-refractivity contribution in [3.63, 3.8) is 0 Å². The SMILES string of the molecule is CCCCC/C=C\CCCCCCCC(=O)OCCCCCCCCC/C=C\CCCCCCCC(=O)NC(CO)C(O)/C=C/CCCCCCCCCCCC. The Morgan fingerprint density at radius 1 is 0.474 bits per heavy atom. The number of ether oxygens (including phenoxy) is 1. The van der Waals surface area contributed by atoms with Crippen LogP contribution in [0, 0.1) is 0 Å². The summed E-state index contributed by atoms with van der Waals surface area (Å²) in [4.78, 5) is 24.4. The highest BCUT2D eigenvalue weighted by Gasteiger charge is 2.18. The molecule has 0 aliphatic rings. The number of aliphatic hydroxyl groups excluding tert-OH is 2. The first-order valence-electron chi connectivity index (χ1n) is 24.8. The Hall–Kier alpha value is -1.92. The second-order valence-electron chi connectivity index (χ2n) is 16.8. The van der Waals surface area contributed by atoms with Crippen LogP contribution >= 0.6 is 0 Å². The summed E-state index contributed by atoms with van der Waals surface area (Å²) in [5, 5.41) is 23.0. The van der Waals surface area contributed by atoms with Crippen molar-refractivity contribution in [1.29, 1.82) is 0 Å². The molecule has 0 aromatic carbocycles. The van der Waals surface area contributed by atoms with E-state index in [1.54, 1.807) is 6.08 Å². The lowest BCUT2D eigenvalue weighted by Crippen LogP contribution is -2.45. The van der Waals surface area contributed by atoms with E-state index >= 15 is 0 Å². The first kappa shape index (κ1) is 55.1. The first-order valence-corrected chi connectivity index (χ1v) is 24.8. The molecule has 0 aliphatic carbocycles. The minimum absolute atomic E-state index is 0.0149. The van der Waals surface area contributed by atoms with Gasteiger partial charge in [-0.2, -0.15) is 0 Å². The van der Waals surface area contributed by atoms with Crippen LogP contribution in [0.2, 0.25) is 0 Å². The average Bonchev–Trinajstić information content (AvgIpc) is 3.21. The highest BCUT2D eigenvalue weighted by molar-refractivity contribution is 5.76. The second kappa shape index (κ2) is 46.8. The van der Waals surface area contributed by atoms with E-state index < -0.39 is 12.1 Å². The summed E-state index contributed by atoms with van der Waals surface area (Å²) in [5.74, 6) is -0.102. The number of carbonyl (C=O) groups excluding carboxylic acids is 2. The lowest BCUT2D eigenvalue weighted by molar-refractivity contribution is -0.143. The molecule has 0 aromatic rings. The minimum atomic E-state index is -0.854. The van der Waals surface area contributed by atoms with Gasteiger partial charge in [-0.1, -0.05) is 192 Å². The zero-order valence-corrected chi connectivity index (χ0v) is 37.8. The van der Waals surface area contributed by atoms with Gasteiger partial charge in [-0.25, -0.2) is 0 Å². The lowest BCUT2D eigenvalue weighted by Gasteiger charge is -2.20. The molecule has 0 radical (unpaired) electrons. The fourth-order valence-corrected chi connectivity index (χ4v) is 7.27. The smallest absolute Gasteiger partial charge is 0.305 e. The lowest BCUT2D eigenvalue weighted by atomic mass is 10.1. The third-order valence-corrected chi connectivity index (χ3v) is 11.1. The van der Waals surface area contributed by atoms with Crippen molar-refractivity contribution < 1.29 is 24.5 Å². The summed E-state index contributed by atoms with van der Waals surface area (Å²) in [6.07, 6.45) is 55.6.